The number of hydrogen-bond donors (Lipinski definition) is 1. The predicted octanol–water partition coefficient (Wildman–Crippen LogP) is 3.65. The molecule has 1 aliphatic rings. The highest BCUT2D eigenvalue weighted by molar-refractivity contribution is 5.17. The van der Waals surface area contributed by atoms with Gasteiger partial charge in [0.2, 0.25) is 0 Å². The topological polar surface area (TPSA) is 28.4 Å². The van der Waals surface area contributed by atoms with Crippen LogP contribution in [0.2, 0.25) is 0 Å². The van der Waals surface area contributed by atoms with Crippen LogP contribution in [-0.2, 0) is 13.1 Å². The number of rotatable bonds is 6. The maximum Gasteiger partial charge on any atom is 0.122 e. The first-order valence-electron chi connectivity index (χ1n) is 8.13. The van der Waals surface area contributed by atoms with Gasteiger partial charge >= 0.3 is 0 Å². The molecule has 1 aliphatic heterocycles. The molecule has 1 atom stereocenters. The van der Waals surface area contributed by atoms with E-state index in [0.29, 0.717) is 5.92 Å². The number of furan rings is 1. The molecule has 0 saturated carbocycles. The second-order valence-corrected chi connectivity index (χ2v) is 6.71. The molecule has 0 bridgehead atoms. The molecule has 20 heavy (non-hydrogen) atoms. The molecule has 1 aromatic rings. The molecule has 3 nitrogen and oxygen atoms in total. The summed E-state index contributed by atoms with van der Waals surface area (Å²) in [4.78, 5) is 2.58. The van der Waals surface area contributed by atoms with Crippen molar-refractivity contribution in [3.8, 4) is 0 Å². The summed E-state index contributed by atoms with van der Waals surface area (Å²) < 4.78 is 5.65. The second-order valence-electron chi connectivity index (χ2n) is 6.71. The first-order chi connectivity index (χ1) is 9.65. The standard InChI is InChI=1S/C17H30N2O/c1-14(2)11-18-12-17-16(7-10-20-17)13-19-8-4-5-15(3)6-9-19/h7,10,14-15,18H,4-6,8-9,11-13H2,1-3H3. The fourth-order valence-electron chi connectivity index (χ4n) is 2.86. The Morgan fingerprint density at radius 2 is 2.20 bits per heavy atom. The van der Waals surface area contributed by atoms with E-state index in [1.54, 1.807) is 0 Å². The van der Waals surface area contributed by atoms with Crippen molar-refractivity contribution in [2.45, 2.75) is 53.1 Å². The average Bonchev–Trinajstić information content (AvgIpc) is 2.72. The third-order valence-electron chi connectivity index (χ3n) is 4.18. The van der Waals surface area contributed by atoms with Crippen LogP contribution >= 0.6 is 0 Å². The quantitative estimate of drug-likeness (QED) is 0.861. The largest absolute Gasteiger partial charge is 0.468 e. The summed E-state index contributed by atoms with van der Waals surface area (Å²) in [6, 6.07) is 2.14. The summed E-state index contributed by atoms with van der Waals surface area (Å²) in [6.07, 6.45) is 5.88. The molecule has 0 amide bonds. The maximum absolute atomic E-state index is 5.65. The molecule has 1 saturated heterocycles. The van der Waals surface area contributed by atoms with Crippen LogP contribution in [-0.4, -0.2) is 24.5 Å². The minimum Gasteiger partial charge on any atom is -0.468 e. The molecule has 0 spiro atoms. The van der Waals surface area contributed by atoms with Crippen LogP contribution in [0.3, 0.4) is 0 Å². The molecule has 3 heteroatoms. The van der Waals surface area contributed by atoms with Gasteiger partial charge in [-0.25, -0.2) is 0 Å². The lowest BCUT2D eigenvalue weighted by Crippen LogP contribution is -2.25. The maximum atomic E-state index is 5.65. The van der Waals surface area contributed by atoms with Gasteiger partial charge in [0.25, 0.3) is 0 Å². The normalized spacial score (nSPS) is 21.3. The van der Waals surface area contributed by atoms with Gasteiger partial charge in [-0.05, 0) is 56.8 Å². The van der Waals surface area contributed by atoms with E-state index in [2.05, 4.69) is 37.1 Å². The molecule has 0 aliphatic carbocycles. The van der Waals surface area contributed by atoms with Gasteiger partial charge in [0.05, 0.1) is 12.8 Å². The van der Waals surface area contributed by atoms with E-state index in [0.717, 1.165) is 31.3 Å². The van der Waals surface area contributed by atoms with Gasteiger partial charge in [-0.1, -0.05) is 20.8 Å². The highest BCUT2D eigenvalue weighted by Gasteiger charge is 2.16. The van der Waals surface area contributed by atoms with E-state index in [4.69, 9.17) is 4.42 Å². The Morgan fingerprint density at radius 1 is 1.35 bits per heavy atom. The molecule has 1 aromatic heterocycles. The first-order valence-corrected chi connectivity index (χ1v) is 8.13. The third-order valence-corrected chi connectivity index (χ3v) is 4.18. The molecule has 2 rings (SSSR count). The Hall–Kier alpha value is -0.800. The molecular weight excluding hydrogens is 248 g/mol. The van der Waals surface area contributed by atoms with Crippen molar-refractivity contribution in [3.05, 3.63) is 23.7 Å². The van der Waals surface area contributed by atoms with E-state index in [9.17, 15) is 0 Å². The number of nitrogens with one attached hydrogen (secondary N) is 1. The van der Waals surface area contributed by atoms with E-state index in [1.165, 1.54) is 37.9 Å². The van der Waals surface area contributed by atoms with Crippen LogP contribution in [0.15, 0.2) is 16.7 Å². The third kappa shape index (κ3) is 4.95. The van der Waals surface area contributed by atoms with Crippen LogP contribution in [0.4, 0.5) is 0 Å². The zero-order chi connectivity index (χ0) is 14.4. The summed E-state index contributed by atoms with van der Waals surface area (Å²) in [5, 5.41) is 3.47. The Labute approximate surface area is 123 Å². The lowest BCUT2D eigenvalue weighted by molar-refractivity contribution is 0.271. The molecule has 1 fully saturated rings. The lowest BCUT2D eigenvalue weighted by Gasteiger charge is -2.19. The van der Waals surface area contributed by atoms with Gasteiger partial charge in [-0.2, -0.15) is 0 Å². The summed E-state index contributed by atoms with van der Waals surface area (Å²) >= 11 is 0. The van der Waals surface area contributed by atoms with Crippen molar-refractivity contribution in [1.29, 1.82) is 0 Å². The Morgan fingerprint density at radius 3 is 3.00 bits per heavy atom. The van der Waals surface area contributed by atoms with Crippen molar-refractivity contribution in [1.82, 2.24) is 10.2 Å². The van der Waals surface area contributed by atoms with E-state index >= 15 is 0 Å². The monoisotopic (exact) mass is 278 g/mol. The van der Waals surface area contributed by atoms with Crippen LogP contribution in [0.1, 0.15) is 51.4 Å². The summed E-state index contributed by atoms with van der Waals surface area (Å²) in [6.45, 7) is 12.2. The fourth-order valence-corrected chi connectivity index (χ4v) is 2.86. The SMILES string of the molecule is CC(C)CNCc1occc1CN1CCCC(C)CC1. The molecular formula is C17H30N2O. The highest BCUT2D eigenvalue weighted by atomic mass is 16.3. The van der Waals surface area contributed by atoms with Gasteiger partial charge in [-0.15, -0.1) is 0 Å². The van der Waals surface area contributed by atoms with Gasteiger partial charge in [-0.3, -0.25) is 4.90 Å². The van der Waals surface area contributed by atoms with Crippen molar-refractivity contribution in [2.75, 3.05) is 19.6 Å². The molecule has 114 valence electrons. The molecule has 0 radical (unpaired) electrons. The Balaban J connectivity index is 1.84. The van der Waals surface area contributed by atoms with Crippen molar-refractivity contribution in [3.63, 3.8) is 0 Å². The van der Waals surface area contributed by atoms with Gasteiger partial charge in [0.15, 0.2) is 0 Å². The molecule has 1 unspecified atom stereocenters. The molecule has 2 heterocycles. The number of likely N-dealkylation sites (tertiary alicyclic amines) is 1. The molecule has 0 aromatic carbocycles. The Bertz CT molecular complexity index is 386. The van der Waals surface area contributed by atoms with E-state index < -0.39 is 0 Å². The number of hydrogen-bond acceptors (Lipinski definition) is 3. The highest BCUT2D eigenvalue weighted by Crippen LogP contribution is 2.20. The average molecular weight is 278 g/mol. The van der Waals surface area contributed by atoms with Gasteiger partial charge < -0.3 is 9.73 Å². The lowest BCUT2D eigenvalue weighted by atomic mass is 10.0. The smallest absolute Gasteiger partial charge is 0.122 e. The summed E-state index contributed by atoms with van der Waals surface area (Å²) in [7, 11) is 0. The van der Waals surface area contributed by atoms with Crippen molar-refractivity contribution >= 4 is 0 Å². The van der Waals surface area contributed by atoms with Gasteiger partial charge in [0.1, 0.15) is 5.76 Å². The summed E-state index contributed by atoms with van der Waals surface area (Å²) in [5.41, 5.74) is 1.36. The first kappa shape index (κ1) is 15.6. The zero-order valence-electron chi connectivity index (χ0n) is 13.3. The van der Waals surface area contributed by atoms with Crippen LogP contribution < -0.4 is 5.32 Å². The van der Waals surface area contributed by atoms with Gasteiger partial charge in [0, 0.05) is 12.1 Å². The van der Waals surface area contributed by atoms with E-state index in [-0.39, 0.29) is 0 Å². The van der Waals surface area contributed by atoms with Crippen molar-refractivity contribution < 1.29 is 4.42 Å². The molecule has 1 N–H and O–H groups in total. The van der Waals surface area contributed by atoms with E-state index in [1.807, 2.05) is 6.26 Å². The minimum atomic E-state index is 0.681. The second kappa shape index (κ2) is 7.84. The van der Waals surface area contributed by atoms with Crippen LogP contribution in [0, 0.1) is 11.8 Å². The fraction of sp³-hybridized carbons (Fsp3) is 0.765. The zero-order valence-corrected chi connectivity index (χ0v) is 13.3. The Kier molecular flexibility index (Phi) is 6.11. The minimum absolute atomic E-state index is 0.681. The number of nitrogens with zero attached hydrogens (tertiary/aromatic N) is 1. The van der Waals surface area contributed by atoms with Crippen molar-refractivity contribution in [2.24, 2.45) is 11.8 Å². The summed E-state index contributed by atoms with van der Waals surface area (Å²) in [5.74, 6) is 2.68. The predicted molar refractivity (Wildman–Crippen MR) is 83.5 cm³/mol. The van der Waals surface area contributed by atoms with Crippen LogP contribution in [0.25, 0.3) is 0 Å². The van der Waals surface area contributed by atoms with Crippen LogP contribution in [0.5, 0.6) is 0 Å².